The normalized spacial score (nSPS) is 18.4. The van der Waals surface area contributed by atoms with Gasteiger partial charge in [-0.2, -0.15) is 4.31 Å². The molecule has 0 aromatic heterocycles. The van der Waals surface area contributed by atoms with Crippen LogP contribution in [0.3, 0.4) is 0 Å². The quantitative estimate of drug-likeness (QED) is 0.680. The van der Waals surface area contributed by atoms with Crippen LogP contribution in [0.25, 0.3) is 10.8 Å². The number of hydrogen-bond acceptors (Lipinski definition) is 2. The predicted octanol–water partition coefficient (Wildman–Crippen LogP) is 4.54. The fourth-order valence-electron chi connectivity index (χ4n) is 3.90. The fourth-order valence-corrected chi connectivity index (χ4v) is 5.59. The van der Waals surface area contributed by atoms with E-state index in [2.05, 4.69) is 30.3 Å². The lowest BCUT2D eigenvalue weighted by atomic mass is 9.98. The zero-order valence-corrected chi connectivity index (χ0v) is 15.7. The Morgan fingerprint density at radius 2 is 1.69 bits per heavy atom. The van der Waals surface area contributed by atoms with Gasteiger partial charge in [-0.25, -0.2) is 8.42 Å². The molecular weight excluding hydrogens is 342 g/mol. The van der Waals surface area contributed by atoms with Gasteiger partial charge in [0, 0.05) is 12.6 Å². The molecule has 0 radical (unpaired) electrons. The first-order chi connectivity index (χ1) is 12.6. The van der Waals surface area contributed by atoms with Crippen LogP contribution in [0.5, 0.6) is 0 Å². The van der Waals surface area contributed by atoms with Crippen LogP contribution in [-0.2, 0) is 16.4 Å². The molecule has 134 valence electrons. The van der Waals surface area contributed by atoms with Crippen molar-refractivity contribution in [1.29, 1.82) is 0 Å². The fraction of sp³-hybridized carbons (Fsp3) is 0.273. The van der Waals surface area contributed by atoms with E-state index in [4.69, 9.17) is 0 Å². The molecule has 1 unspecified atom stereocenters. The minimum absolute atomic E-state index is 0.0205. The molecule has 0 bridgehead atoms. The molecule has 1 saturated heterocycles. The topological polar surface area (TPSA) is 37.4 Å². The first kappa shape index (κ1) is 17.3. The summed E-state index contributed by atoms with van der Waals surface area (Å²) in [6.45, 7) is 2.57. The second-order valence-electron chi connectivity index (χ2n) is 7.07. The van der Waals surface area contributed by atoms with E-state index in [0.29, 0.717) is 11.4 Å². The Morgan fingerprint density at radius 3 is 2.50 bits per heavy atom. The van der Waals surface area contributed by atoms with Crippen LogP contribution < -0.4 is 0 Å². The molecule has 3 aromatic rings. The van der Waals surface area contributed by atoms with Crippen molar-refractivity contribution in [2.75, 3.05) is 6.54 Å². The van der Waals surface area contributed by atoms with Gasteiger partial charge in [0.2, 0.25) is 10.0 Å². The highest BCUT2D eigenvalue weighted by Crippen LogP contribution is 2.30. The summed E-state index contributed by atoms with van der Waals surface area (Å²) in [6, 6.07) is 21.8. The highest BCUT2D eigenvalue weighted by atomic mass is 32.2. The molecule has 26 heavy (non-hydrogen) atoms. The minimum Gasteiger partial charge on any atom is -0.207 e. The molecule has 1 atom stereocenters. The number of nitrogens with zero attached hydrogens (tertiary/aromatic N) is 1. The average molecular weight is 365 g/mol. The molecule has 0 saturated carbocycles. The summed E-state index contributed by atoms with van der Waals surface area (Å²) in [5.74, 6) is 0. The number of benzene rings is 3. The predicted molar refractivity (Wildman–Crippen MR) is 106 cm³/mol. The van der Waals surface area contributed by atoms with Crippen molar-refractivity contribution in [3.63, 3.8) is 0 Å². The zero-order valence-electron chi connectivity index (χ0n) is 14.9. The molecule has 4 heteroatoms. The third-order valence-corrected chi connectivity index (χ3v) is 7.25. The monoisotopic (exact) mass is 365 g/mol. The summed E-state index contributed by atoms with van der Waals surface area (Å²) < 4.78 is 28.0. The van der Waals surface area contributed by atoms with Gasteiger partial charge in [-0.05, 0) is 54.7 Å². The Balaban J connectivity index is 1.65. The molecule has 0 amide bonds. The summed E-state index contributed by atoms with van der Waals surface area (Å²) in [5, 5.41) is 2.42. The number of sulfonamides is 1. The lowest BCUT2D eigenvalue weighted by Gasteiger charge is -2.24. The van der Waals surface area contributed by atoms with Gasteiger partial charge >= 0.3 is 0 Å². The van der Waals surface area contributed by atoms with Gasteiger partial charge in [-0.3, -0.25) is 0 Å². The number of aryl methyl sites for hydroxylation is 1. The Kier molecular flexibility index (Phi) is 4.55. The number of hydrogen-bond donors (Lipinski definition) is 0. The molecule has 1 aliphatic heterocycles. The molecular formula is C22H23NO2S. The molecule has 0 N–H and O–H groups in total. The van der Waals surface area contributed by atoms with E-state index in [9.17, 15) is 8.42 Å². The van der Waals surface area contributed by atoms with Crippen LogP contribution in [0, 0.1) is 6.92 Å². The summed E-state index contributed by atoms with van der Waals surface area (Å²) in [6.07, 6.45) is 2.58. The summed E-state index contributed by atoms with van der Waals surface area (Å²) in [7, 11) is -3.44. The van der Waals surface area contributed by atoms with Crippen LogP contribution in [0.15, 0.2) is 71.6 Å². The van der Waals surface area contributed by atoms with Crippen LogP contribution in [0.4, 0.5) is 0 Å². The van der Waals surface area contributed by atoms with Gasteiger partial charge in [0.15, 0.2) is 0 Å². The average Bonchev–Trinajstić information content (AvgIpc) is 3.11. The SMILES string of the molecule is Cc1ccc(S(=O)(=O)N2CCCC2Cc2cccc3ccccc23)cc1. The van der Waals surface area contributed by atoms with Crippen LogP contribution in [0.2, 0.25) is 0 Å². The minimum atomic E-state index is -3.44. The Hall–Kier alpha value is -2.17. The number of fused-ring (bicyclic) bond motifs is 1. The van der Waals surface area contributed by atoms with E-state index in [0.717, 1.165) is 24.8 Å². The smallest absolute Gasteiger partial charge is 0.207 e. The summed E-state index contributed by atoms with van der Waals surface area (Å²) in [4.78, 5) is 0.396. The second-order valence-corrected chi connectivity index (χ2v) is 8.96. The molecule has 3 aromatic carbocycles. The maximum Gasteiger partial charge on any atom is 0.243 e. The molecule has 0 aliphatic carbocycles. The van der Waals surface area contributed by atoms with E-state index in [1.807, 2.05) is 31.2 Å². The Morgan fingerprint density at radius 1 is 0.962 bits per heavy atom. The largest absolute Gasteiger partial charge is 0.243 e. The van der Waals surface area contributed by atoms with Gasteiger partial charge in [0.05, 0.1) is 4.90 Å². The highest BCUT2D eigenvalue weighted by Gasteiger charge is 2.35. The molecule has 4 rings (SSSR count). The maximum atomic E-state index is 13.1. The molecule has 1 fully saturated rings. The van der Waals surface area contributed by atoms with Crippen molar-refractivity contribution in [2.24, 2.45) is 0 Å². The third kappa shape index (κ3) is 3.15. The van der Waals surface area contributed by atoms with E-state index >= 15 is 0 Å². The van der Waals surface area contributed by atoms with Crippen molar-refractivity contribution in [3.8, 4) is 0 Å². The highest BCUT2D eigenvalue weighted by molar-refractivity contribution is 7.89. The number of rotatable bonds is 4. The molecule has 1 aliphatic rings. The van der Waals surface area contributed by atoms with Gasteiger partial charge in [0.25, 0.3) is 0 Å². The lowest BCUT2D eigenvalue weighted by molar-refractivity contribution is 0.386. The standard InChI is InChI=1S/C22H23NO2S/c1-17-11-13-21(14-12-17)26(24,25)23-15-5-9-20(23)16-19-8-4-7-18-6-2-3-10-22(18)19/h2-4,6-8,10-14,20H,5,9,15-16H2,1H3. The van der Waals surface area contributed by atoms with Crippen LogP contribution in [0.1, 0.15) is 24.0 Å². The van der Waals surface area contributed by atoms with Crippen molar-refractivity contribution < 1.29 is 8.42 Å². The van der Waals surface area contributed by atoms with Gasteiger partial charge in [-0.1, -0.05) is 60.2 Å². The Labute approximate surface area is 155 Å². The van der Waals surface area contributed by atoms with Crippen LogP contribution >= 0.6 is 0 Å². The Bertz CT molecular complexity index is 1020. The van der Waals surface area contributed by atoms with E-state index < -0.39 is 10.0 Å². The maximum absolute atomic E-state index is 13.1. The first-order valence-electron chi connectivity index (χ1n) is 9.11. The molecule has 3 nitrogen and oxygen atoms in total. The van der Waals surface area contributed by atoms with Crippen molar-refractivity contribution in [1.82, 2.24) is 4.31 Å². The van der Waals surface area contributed by atoms with E-state index in [1.54, 1.807) is 16.4 Å². The van der Waals surface area contributed by atoms with Crippen molar-refractivity contribution in [2.45, 2.75) is 37.1 Å². The van der Waals surface area contributed by atoms with Crippen LogP contribution in [-0.4, -0.2) is 25.3 Å². The van der Waals surface area contributed by atoms with E-state index in [-0.39, 0.29) is 6.04 Å². The van der Waals surface area contributed by atoms with E-state index in [1.165, 1.54) is 16.3 Å². The summed E-state index contributed by atoms with van der Waals surface area (Å²) in [5.41, 5.74) is 2.29. The molecule has 0 spiro atoms. The van der Waals surface area contributed by atoms with Gasteiger partial charge in [0.1, 0.15) is 0 Å². The van der Waals surface area contributed by atoms with Crippen molar-refractivity contribution in [3.05, 3.63) is 77.9 Å². The third-order valence-electron chi connectivity index (χ3n) is 5.29. The summed E-state index contributed by atoms with van der Waals surface area (Å²) >= 11 is 0. The second kappa shape index (κ2) is 6.86. The first-order valence-corrected chi connectivity index (χ1v) is 10.5. The van der Waals surface area contributed by atoms with Gasteiger partial charge in [-0.15, -0.1) is 0 Å². The lowest BCUT2D eigenvalue weighted by Crippen LogP contribution is -2.36. The van der Waals surface area contributed by atoms with Gasteiger partial charge < -0.3 is 0 Å². The van der Waals surface area contributed by atoms with Crippen molar-refractivity contribution >= 4 is 20.8 Å². The molecule has 1 heterocycles. The zero-order chi connectivity index (χ0) is 18.1.